The maximum absolute atomic E-state index is 11.8. The first-order chi connectivity index (χ1) is 8.58. The highest BCUT2D eigenvalue weighted by Crippen LogP contribution is 2.21. The molecule has 1 unspecified atom stereocenters. The van der Waals surface area contributed by atoms with E-state index in [1.54, 1.807) is 24.3 Å². The molecule has 1 heterocycles. The molecule has 2 N–H and O–H groups in total. The number of hydrogen-bond acceptors (Lipinski definition) is 5. The highest BCUT2D eigenvalue weighted by Gasteiger charge is 2.48. The number of ether oxygens (including phenoxy) is 1. The highest BCUT2D eigenvalue weighted by atomic mass is 16.6. The third-order valence-electron chi connectivity index (χ3n) is 2.70. The van der Waals surface area contributed by atoms with Gasteiger partial charge >= 0.3 is 5.97 Å². The molecular weight excluding hydrogens is 232 g/mol. The van der Waals surface area contributed by atoms with Crippen molar-refractivity contribution in [1.29, 1.82) is 0 Å². The molecule has 0 spiro atoms. The Morgan fingerprint density at radius 1 is 1.39 bits per heavy atom. The number of carbonyl (C=O) groups is 2. The maximum Gasteiger partial charge on any atom is 0.363 e. The summed E-state index contributed by atoms with van der Waals surface area (Å²) in [6.07, 6.45) is 0.818. The fourth-order valence-electron chi connectivity index (χ4n) is 1.69. The Balaban J connectivity index is 2.32. The lowest BCUT2D eigenvalue weighted by Gasteiger charge is -2.13. The SMILES string of the molecule is CCCC(=O)C1(N)N=C(c2ccccc2)OC1=O. The zero-order valence-corrected chi connectivity index (χ0v) is 10.1. The number of benzene rings is 1. The van der Waals surface area contributed by atoms with Crippen LogP contribution in [0.3, 0.4) is 0 Å². The second-order valence-electron chi connectivity index (χ2n) is 4.11. The third-order valence-corrected chi connectivity index (χ3v) is 2.70. The molecule has 0 aliphatic carbocycles. The van der Waals surface area contributed by atoms with Gasteiger partial charge in [-0.15, -0.1) is 0 Å². The van der Waals surface area contributed by atoms with Crippen molar-refractivity contribution in [2.24, 2.45) is 10.7 Å². The first kappa shape index (κ1) is 12.4. The first-order valence-corrected chi connectivity index (χ1v) is 5.77. The molecule has 2 rings (SSSR count). The fraction of sp³-hybridized carbons (Fsp3) is 0.308. The van der Waals surface area contributed by atoms with Crippen LogP contribution in [0.1, 0.15) is 25.3 Å². The third kappa shape index (κ3) is 2.04. The van der Waals surface area contributed by atoms with Crippen molar-refractivity contribution < 1.29 is 14.3 Å². The van der Waals surface area contributed by atoms with Crippen LogP contribution in [0.4, 0.5) is 0 Å². The second-order valence-corrected chi connectivity index (χ2v) is 4.11. The Morgan fingerprint density at radius 2 is 2.06 bits per heavy atom. The minimum atomic E-state index is -1.87. The first-order valence-electron chi connectivity index (χ1n) is 5.77. The smallest absolute Gasteiger partial charge is 0.363 e. The van der Waals surface area contributed by atoms with Gasteiger partial charge in [-0.1, -0.05) is 25.1 Å². The predicted octanol–water partition coefficient (Wildman–Crippen LogP) is 1.01. The minimum absolute atomic E-state index is 0.104. The Labute approximate surface area is 105 Å². The number of hydrogen-bond donors (Lipinski definition) is 1. The molecule has 0 bridgehead atoms. The summed E-state index contributed by atoms with van der Waals surface area (Å²) in [5.41, 5.74) is 4.50. The molecule has 5 heteroatoms. The van der Waals surface area contributed by atoms with Gasteiger partial charge in [0.05, 0.1) is 0 Å². The van der Waals surface area contributed by atoms with Gasteiger partial charge in [0.1, 0.15) is 0 Å². The van der Waals surface area contributed by atoms with Gasteiger partial charge in [0, 0.05) is 12.0 Å². The number of esters is 1. The lowest BCUT2D eigenvalue weighted by Crippen LogP contribution is -2.51. The van der Waals surface area contributed by atoms with Gasteiger partial charge in [-0.05, 0) is 18.6 Å². The van der Waals surface area contributed by atoms with Crippen LogP contribution < -0.4 is 5.73 Å². The van der Waals surface area contributed by atoms with Crippen molar-refractivity contribution in [2.75, 3.05) is 0 Å². The van der Waals surface area contributed by atoms with Crippen molar-refractivity contribution in [1.82, 2.24) is 0 Å². The standard InChI is InChI=1S/C13H14N2O3/c1-2-6-10(16)13(14)12(17)18-11(15-13)9-7-4-3-5-8-9/h3-5,7-8H,2,6,14H2,1H3. The van der Waals surface area contributed by atoms with Crippen LogP contribution in [0.2, 0.25) is 0 Å². The van der Waals surface area contributed by atoms with E-state index in [9.17, 15) is 9.59 Å². The van der Waals surface area contributed by atoms with Crippen molar-refractivity contribution in [3.05, 3.63) is 35.9 Å². The Morgan fingerprint density at radius 3 is 2.67 bits per heavy atom. The van der Waals surface area contributed by atoms with Gasteiger partial charge in [-0.2, -0.15) is 0 Å². The zero-order chi connectivity index (χ0) is 13.2. The number of nitrogens with zero attached hydrogens (tertiary/aromatic N) is 1. The van der Waals surface area contributed by atoms with Gasteiger partial charge in [0.15, 0.2) is 5.78 Å². The highest BCUT2D eigenvalue weighted by molar-refractivity contribution is 6.18. The fourth-order valence-corrected chi connectivity index (χ4v) is 1.69. The Hall–Kier alpha value is -2.01. The topological polar surface area (TPSA) is 81.8 Å². The molecule has 1 aliphatic heterocycles. The van der Waals surface area contributed by atoms with E-state index in [0.717, 1.165) is 0 Å². The molecular formula is C13H14N2O3. The lowest BCUT2D eigenvalue weighted by atomic mass is 10.0. The van der Waals surface area contributed by atoms with Crippen LogP contribution in [-0.4, -0.2) is 23.3 Å². The molecule has 1 atom stereocenters. The van der Waals surface area contributed by atoms with E-state index < -0.39 is 17.4 Å². The molecule has 0 saturated carbocycles. The van der Waals surface area contributed by atoms with Crippen LogP contribution in [0.25, 0.3) is 0 Å². The van der Waals surface area contributed by atoms with Gasteiger partial charge in [-0.25, -0.2) is 9.79 Å². The van der Waals surface area contributed by atoms with Gasteiger partial charge in [0.25, 0.3) is 5.66 Å². The van der Waals surface area contributed by atoms with Gasteiger partial charge < -0.3 is 4.74 Å². The number of rotatable bonds is 4. The quantitative estimate of drug-likeness (QED) is 0.635. The molecule has 18 heavy (non-hydrogen) atoms. The number of cyclic esters (lactones) is 1. The summed E-state index contributed by atoms with van der Waals surface area (Å²) < 4.78 is 5.00. The van der Waals surface area contributed by atoms with Crippen LogP contribution in [0.15, 0.2) is 35.3 Å². The molecule has 94 valence electrons. The molecule has 0 fully saturated rings. The van der Waals surface area contributed by atoms with E-state index in [2.05, 4.69) is 4.99 Å². The molecule has 1 aromatic rings. The summed E-state index contributed by atoms with van der Waals surface area (Å²) in [6, 6.07) is 8.88. The van der Waals surface area contributed by atoms with Crippen molar-refractivity contribution in [3.8, 4) is 0 Å². The van der Waals surface area contributed by atoms with E-state index in [-0.39, 0.29) is 12.3 Å². The van der Waals surface area contributed by atoms with E-state index >= 15 is 0 Å². The van der Waals surface area contributed by atoms with E-state index in [4.69, 9.17) is 10.5 Å². The zero-order valence-electron chi connectivity index (χ0n) is 10.1. The van der Waals surface area contributed by atoms with E-state index in [1.807, 2.05) is 13.0 Å². The maximum atomic E-state index is 11.8. The molecule has 5 nitrogen and oxygen atoms in total. The largest absolute Gasteiger partial charge is 0.404 e. The van der Waals surface area contributed by atoms with Crippen molar-refractivity contribution in [3.63, 3.8) is 0 Å². The summed E-state index contributed by atoms with van der Waals surface area (Å²) in [4.78, 5) is 27.5. The molecule has 0 saturated heterocycles. The van der Waals surface area contributed by atoms with Crippen molar-refractivity contribution >= 4 is 17.7 Å². The molecule has 0 amide bonds. The number of Topliss-reactive ketones (excluding diaryl/α,β-unsaturated/α-hetero) is 1. The summed E-state index contributed by atoms with van der Waals surface area (Å²) in [5, 5.41) is 0. The van der Waals surface area contributed by atoms with Gasteiger partial charge in [0.2, 0.25) is 5.90 Å². The Kier molecular flexibility index (Phi) is 3.25. The second kappa shape index (κ2) is 4.70. The number of ketones is 1. The van der Waals surface area contributed by atoms with Crippen LogP contribution in [-0.2, 0) is 14.3 Å². The summed E-state index contributed by atoms with van der Waals surface area (Å²) in [6.45, 7) is 1.84. The number of nitrogens with two attached hydrogens (primary N) is 1. The summed E-state index contributed by atoms with van der Waals surface area (Å²) >= 11 is 0. The average Bonchev–Trinajstić information content (AvgIpc) is 2.69. The van der Waals surface area contributed by atoms with E-state index in [1.165, 1.54) is 0 Å². The van der Waals surface area contributed by atoms with E-state index in [0.29, 0.717) is 12.0 Å². The number of carbonyl (C=O) groups excluding carboxylic acids is 2. The summed E-state index contributed by atoms with van der Waals surface area (Å²) in [5.74, 6) is -1.12. The predicted molar refractivity (Wildman–Crippen MR) is 65.9 cm³/mol. The van der Waals surface area contributed by atoms with Crippen LogP contribution in [0, 0.1) is 0 Å². The Bertz CT molecular complexity index is 510. The average molecular weight is 246 g/mol. The van der Waals surface area contributed by atoms with Crippen LogP contribution in [0.5, 0.6) is 0 Å². The molecule has 0 radical (unpaired) electrons. The molecule has 0 aromatic heterocycles. The number of aliphatic imine (C=N–C) groups is 1. The van der Waals surface area contributed by atoms with Crippen LogP contribution >= 0.6 is 0 Å². The molecule has 1 aliphatic rings. The summed E-state index contributed by atoms with van der Waals surface area (Å²) in [7, 11) is 0. The lowest BCUT2D eigenvalue weighted by molar-refractivity contribution is -0.144. The van der Waals surface area contributed by atoms with Gasteiger partial charge in [-0.3, -0.25) is 10.5 Å². The normalized spacial score (nSPS) is 22.6. The van der Waals surface area contributed by atoms with Crippen molar-refractivity contribution in [2.45, 2.75) is 25.4 Å². The monoisotopic (exact) mass is 246 g/mol. The minimum Gasteiger partial charge on any atom is -0.404 e. The molecule has 1 aromatic carbocycles.